The highest BCUT2D eigenvalue weighted by atomic mass is 16.1. The molecule has 0 unspecified atom stereocenters. The van der Waals surface area contributed by atoms with Gasteiger partial charge in [0.1, 0.15) is 0 Å². The van der Waals surface area contributed by atoms with Crippen LogP contribution in [-0.2, 0) is 4.79 Å². The topological polar surface area (TPSA) is 17.1 Å². The third kappa shape index (κ3) is 5.42. The van der Waals surface area contributed by atoms with E-state index >= 15 is 0 Å². The van der Waals surface area contributed by atoms with Crippen molar-refractivity contribution in [1.82, 2.24) is 0 Å². The van der Waals surface area contributed by atoms with Gasteiger partial charge in [-0.3, -0.25) is 4.79 Å². The monoisotopic (exact) mass is 150 g/mol. The number of terminal acetylenes is 1. The molecule has 0 spiro atoms. The van der Waals surface area contributed by atoms with Gasteiger partial charge in [0, 0.05) is 12.0 Å². The van der Waals surface area contributed by atoms with Crippen LogP contribution < -0.4 is 0 Å². The van der Waals surface area contributed by atoms with E-state index in [0.717, 1.165) is 0 Å². The molecule has 0 aromatic carbocycles. The molecular formula is C10H14O. The second kappa shape index (κ2) is 4.73. The normalized spacial score (nSPS) is 11.4. The Kier molecular flexibility index (Phi) is 4.29. The number of ketones is 1. The zero-order valence-corrected chi connectivity index (χ0v) is 7.35. The molecular weight excluding hydrogens is 136 g/mol. The van der Waals surface area contributed by atoms with Gasteiger partial charge in [0.15, 0.2) is 5.78 Å². The third-order valence-corrected chi connectivity index (χ3v) is 1.21. The van der Waals surface area contributed by atoms with E-state index in [1.165, 1.54) is 6.08 Å². The van der Waals surface area contributed by atoms with E-state index in [9.17, 15) is 4.79 Å². The van der Waals surface area contributed by atoms with Gasteiger partial charge in [0.25, 0.3) is 0 Å². The first kappa shape index (κ1) is 9.97. The molecule has 0 amide bonds. The molecule has 0 rings (SSSR count). The molecule has 0 aliphatic rings. The van der Waals surface area contributed by atoms with Gasteiger partial charge in [-0.25, -0.2) is 0 Å². The molecule has 0 radical (unpaired) electrons. The summed E-state index contributed by atoms with van der Waals surface area (Å²) in [4.78, 5) is 11.1. The van der Waals surface area contributed by atoms with E-state index in [-0.39, 0.29) is 5.78 Å². The van der Waals surface area contributed by atoms with Crippen molar-refractivity contribution in [2.24, 2.45) is 5.92 Å². The molecule has 0 saturated carbocycles. The van der Waals surface area contributed by atoms with Gasteiger partial charge in [-0.15, -0.1) is 6.42 Å². The summed E-state index contributed by atoms with van der Waals surface area (Å²) < 4.78 is 0. The Morgan fingerprint density at radius 3 is 2.55 bits per heavy atom. The predicted octanol–water partition coefficient (Wildman–Crippen LogP) is 2.18. The minimum Gasteiger partial charge on any atom is -0.295 e. The van der Waals surface area contributed by atoms with E-state index in [1.807, 2.05) is 13.8 Å². The van der Waals surface area contributed by atoms with Crippen LogP contribution >= 0.6 is 0 Å². The first-order valence-electron chi connectivity index (χ1n) is 3.74. The summed E-state index contributed by atoms with van der Waals surface area (Å²) in [6, 6.07) is 0. The average molecular weight is 150 g/mol. The lowest BCUT2D eigenvalue weighted by Gasteiger charge is -1.98. The molecule has 60 valence electrons. The molecule has 0 N–H and O–H groups in total. The van der Waals surface area contributed by atoms with Gasteiger partial charge in [0.05, 0.1) is 0 Å². The van der Waals surface area contributed by atoms with Crippen LogP contribution in [0.25, 0.3) is 0 Å². The van der Waals surface area contributed by atoms with Gasteiger partial charge in [0.2, 0.25) is 0 Å². The van der Waals surface area contributed by atoms with Crippen molar-refractivity contribution in [3.8, 4) is 12.3 Å². The molecule has 0 heterocycles. The van der Waals surface area contributed by atoms with Gasteiger partial charge in [-0.2, -0.15) is 0 Å². The quantitative estimate of drug-likeness (QED) is 0.445. The van der Waals surface area contributed by atoms with Crippen LogP contribution in [0.5, 0.6) is 0 Å². The highest BCUT2D eigenvalue weighted by Gasteiger charge is 2.00. The number of allylic oxidation sites excluding steroid dienone is 2. The second-order valence-corrected chi connectivity index (χ2v) is 3.04. The SMILES string of the molecule is C#C/C(C)=C\C(=O)CC(C)C. The van der Waals surface area contributed by atoms with E-state index < -0.39 is 0 Å². The van der Waals surface area contributed by atoms with E-state index in [0.29, 0.717) is 17.9 Å². The van der Waals surface area contributed by atoms with Gasteiger partial charge in [-0.1, -0.05) is 19.8 Å². The molecule has 0 fully saturated rings. The van der Waals surface area contributed by atoms with Gasteiger partial charge >= 0.3 is 0 Å². The van der Waals surface area contributed by atoms with Crippen LogP contribution in [-0.4, -0.2) is 5.78 Å². The number of rotatable bonds is 3. The Hall–Kier alpha value is -1.03. The van der Waals surface area contributed by atoms with Crippen LogP contribution in [0.4, 0.5) is 0 Å². The Balaban J connectivity index is 4.00. The molecule has 0 aliphatic heterocycles. The Morgan fingerprint density at radius 1 is 1.64 bits per heavy atom. The lowest BCUT2D eigenvalue weighted by molar-refractivity contribution is -0.115. The number of hydrogen-bond acceptors (Lipinski definition) is 1. The van der Waals surface area contributed by atoms with Crippen LogP contribution in [0, 0.1) is 18.3 Å². The fourth-order valence-corrected chi connectivity index (χ4v) is 0.744. The largest absolute Gasteiger partial charge is 0.295 e. The number of carbonyl (C=O) groups excluding carboxylic acids is 1. The lowest BCUT2D eigenvalue weighted by atomic mass is 10.1. The zero-order chi connectivity index (χ0) is 8.85. The Bertz CT molecular complexity index is 203. The average Bonchev–Trinajstić information content (AvgIpc) is 1.85. The van der Waals surface area contributed by atoms with Crippen molar-refractivity contribution >= 4 is 5.78 Å². The molecule has 0 aromatic rings. The first-order chi connectivity index (χ1) is 5.06. The summed E-state index contributed by atoms with van der Waals surface area (Å²) in [5.41, 5.74) is 0.704. The minimum atomic E-state index is 0.121. The zero-order valence-electron chi connectivity index (χ0n) is 7.35. The summed E-state index contributed by atoms with van der Waals surface area (Å²) >= 11 is 0. The van der Waals surface area contributed by atoms with Crippen molar-refractivity contribution in [3.63, 3.8) is 0 Å². The fraction of sp³-hybridized carbons (Fsp3) is 0.500. The van der Waals surface area contributed by atoms with E-state index in [4.69, 9.17) is 6.42 Å². The molecule has 0 saturated heterocycles. The Morgan fingerprint density at radius 2 is 2.18 bits per heavy atom. The highest BCUT2D eigenvalue weighted by Crippen LogP contribution is 2.02. The molecule has 1 heteroatoms. The van der Waals surface area contributed by atoms with E-state index in [2.05, 4.69) is 5.92 Å². The molecule has 1 nitrogen and oxygen atoms in total. The summed E-state index contributed by atoms with van der Waals surface area (Å²) in [6.07, 6.45) is 7.19. The van der Waals surface area contributed by atoms with Crippen LogP contribution in [0.2, 0.25) is 0 Å². The molecule has 0 aliphatic carbocycles. The lowest BCUT2D eigenvalue weighted by Crippen LogP contribution is -1.99. The molecule has 0 bridgehead atoms. The maximum Gasteiger partial charge on any atom is 0.156 e. The molecule has 0 aromatic heterocycles. The number of carbonyl (C=O) groups is 1. The van der Waals surface area contributed by atoms with Crippen molar-refractivity contribution in [1.29, 1.82) is 0 Å². The summed E-state index contributed by atoms with van der Waals surface area (Å²) in [5.74, 6) is 2.94. The van der Waals surface area contributed by atoms with Crippen LogP contribution in [0.15, 0.2) is 11.6 Å². The standard InChI is InChI=1S/C10H14O/c1-5-9(4)7-10(11)6-8(2)3/h1,7-8H,6H2,2-4H3/b9-7-. The van der Waals surface area contributed by atoms with Crippen LogP contribution in [0.1, 0.15) is 27.2 Å². The van der Waals surface area contributed by atoms with Crippen LogP contribution in [0.3, 0.4) is 0 Å². The summed E-state index contributed by atoms with van der Waals surface area (Å²) in [5, 5.41) is 0. The number of hydrogen-bond donors (Lipinski definition) is 0. The predicted molar refractivity (Wildman–Crippen MR) is 47.1 cm³/mol. The molecule has 11 heavy (non-hydrogen) atoms. The van der Waals surface area contributed by atoms with Gasteiger partial charge in [-0.05, 0) is 18.9 Å². The fourth-order valence-electron chi connectivity index (χ4n) is 0.744. The smallest absolute Gasteiger partial charge is 0.156 e. The maximum absolute atomic E-state index is 11.1. The van der Waals surface area contributed by atoms with Crippen molar-refractivity contribution in [2.75, 3.05) is 0 Å². The summed E-state index contributed by atoms with van der Waals surface area (Å²) in [7, 11) is 0. The summed E-state index contributed by atoms with van der Waals surface area (Å²) in [6.45, 7) is 5.78. The minimum absolute atomic E-state index is 0.121. The van der Waals surface area contributed by atoms with Crippen molar-refractivity contribution in [2.45, 2.75) is 27.2 Å². The van der Waals surface area contributed by atoms with Crippen molar-refractivity contribution < 1.29 is 4.79 Å². The third-order valence-electron chi connectivity index (χ3n) is 1.21. The van der Waals surface area contributed by atoms with E-state index in [1.54, 1.807) is 6.92 Å². The van der Waals surface area contributed by atoms with Gasteiger partial charge < -0.3 is 0 Å². The van der Waals surface area contributed by atoms with Crippen molar-refractivity contribution in [3.05, 3.63) is 11.6 Å². The second-order valence-electron chi connectivity index (χ2n) is 3.04. The highest BCUT2D eigenvalue weighted by molar-refractivity contribution is 5.90. The maximum atomic E-state index is 11.1. The Labute approximate surface area is 68.5 Å². The first-order valence-corrected chi connectivity index (χ1v) is 3.74. The molecule has 0 atom stereocenters.